The van der Waals surface area contributed by atoms with Gasteiger partial charge in [-0.15, -0.1) is 5.10 Å². The molecule has 5 rings (SSSR count). The van der Waals surface area contributed by atoms with Gasteiger partial charge in [-0.25, -0.2) is 4.98 Å². The van der Waals surface area contributed by atoms with Crippen LogP contribution in [-0.4, -0.2) is 37.8 Å². The molecule has 3 heterocycles. The van der Waals surface area contributed by atoms with Crippen LogP contribution in [0.15, 0.2) is 82.6 Å². The Labute approximate surface area is 171 Å². The van der Waals surface area contributed by atoms with Crippen molar-refractivity contribution in [1.82, 2.24) is 20.2 Å². The van der Waals surface area contributed by atoms with Crippen LogP contribution in [0.1, 0.15) is 16.7 Å². The fourth-order valence-electron chi connectivity index (χ4n) is 3.31. The van der Waals surface area contributed by atoms with Crippen molar-refractivity contribution < 1.29 is 9.21 Å². The van der Waals surface area contributed by atoms with E-state index in [0.29, 0.717) is 5.69 Å². The lowest BCUT2D eigenvalue weighted by Gasteiger charge is -2.11. The summed E-state index contributed by atoms with van der Waals surface area (Å²) in [6.07, 6.45) is 4.01. The molecule has 0 radical (unpaired) electrons. The Morgan fingerprint density at radius 1 is 0.967 bits per heavy atom. The van der Waals surface area contributed by atoms with Gasteiger partial charge in [0.1, 0.15) is 5.69 Å². The van der Waals surface area contributed by atoms with Crippen LogP contribution in [0.2, 0.25) is 0 Å². The second-order valence-corrected chi connectivity index (χ2v) is 6.69. The summed E-state index contributed by atoms with van der Waals surface area (Å²) >= 11 is 0. The molecular formula is C22H16N6O2. The van der Waals surface area contributed by atoms with Gasteiger partial charge in [0.2, 0.25) is 0 Å². The molecule has 2 aromatic heterocycles. The predicted molar refractivity (Wildman–Crippen MR) is 110 cm³/mol. The van der Waals surface area contributed by atoms with Gasteiger partial charge >= 0.3 is 6.01 Å². The maximum atomic E-state index is 13.0. The molecule has 0 fully saturated rings. The normalized spacial score (nSPS) is 15.8. The number of ketones is 1. The second-order valence-electron chi connectivity index (χ2n) is 6.69. The number of benzene rings is 2. The van der Waals surface area contributed by atoms with Gasteiger partial charge in [-0.05, 0) is 5.56 Å². The first-order valence-electron chi connectivity index (χ1n) is 9.38. The molecule has 1 N–H and O–H groups in total. The number of anilines is 1. The Kier molecular flexibility index (Phi) is 4.57. The lowest BCUT2D eigenvalue weighted by atomic mass is 9.96. The lowest BCUT2D eigenvalue weighted by Crippen LogP contribution is -2.29. The molecule has 0 bridgehead atoms. The fraction of sp³-hybridized carbons (Fsp3) is 0.0909. The summed E-state index contributed by atoms with van der Waals surface area (Å²) in [5.41, 5.74) is 3.99. The van der Waals surface area contributed by atoms with Crippen molar-refractivity contribution in [1.29, 1.82) is 0 Å². The number of nitrogens with one attached hydrogen (secondary N) is 1. The molecule has 1 atom stereocenters. The largest absolute Gasteiger partial charge is 0.402 e. The standard InChI is InChI=1S/C22H16N6O2/c29-18-12-15-8-4-5-9-16(15)19(14-6-2-1-3-7-14)25-20(18)26-22-28-27-21(30-22)17-13-23-10-11-24-17/h1-11,13,20H,12H2,(H,26,28)/t20-/m1/s1. The maximum absolute atomic E-state index is 13.0. The quantitative estimate of drug-likeness (QED) is 0.565. The van der Waals surface area contributed by atoms with E-state index in [0.717, 1.165) is 22.4 Å². The smallest absolute Gasteiger partial charge is 0.317 e. The molecule has 8 heteroatoms. The lowest BCUT2D eigenvalue weighted by molar-refractivity contribution is -0.119. The number of carbonyl (C=O) groups is 1. The van der Waals surface area contributed by atoms with Crippen LogP contribution in [-0.2, 0) is 11.2 Å². The van der Waals surface area contributed by atoms with Crippen LogP contribution in [0, 0.1) is 0 Å². The van der Waals surface area contributed by atoms with E-state index < -0.39 is 6.17 Å². The third-order valence-corrected chi connectivity index (χ3v) is 4.72. The monoisotopic (exact) mass is 396 g/mol. The summed E-state index contributed by atoms with van der Waals surface area (Å²) in [4.78, 5) is 25.8. The van der Waals surface area contributed by atoms with Crippen LogP contribution in [0.3, 0.4) is 0 Å². The number of carbonyl (C=O) groups excluding carboxylic acids is 1. The molecule has 0 unspecified atom stereocenters. The minimum atomic E-state index is -0.859. The van der Waals surface area contributed by atoms with Gasteiger partial charge in [0, 0.05) is 29.9 Å². The molecule has 0 saturated heterocycles. The van der Waals surface area contributed by atoms with Gasteiger partial charge in [-0.1, -0.05) is 59.7 Å². The van der Waals surface area contributed by atoms with Crippen LogP contribution in [0.25, 0.3) is 11.6 Å². The van der Waals surface area contributed by atoms with Gasteiger partial charge in [0.15, 0.2) is 11.9 Å². The molecule has 4 aromatic rings. The van der Waals surface area contributed by atoms with Crippen molar-refractivity contribution in [2.24, 2.45) is 4.99 Å². The number of fused-ring (bicyclic) bond motifs is 1. The first kappa shape index (κ1) is 17.9. The third kappa shape index (κ3) is 3.46. The molecule has 0 amide bonds. The van der Waals surface area contributed by atoms with Gasteiger partial charge in [0.25, 0.3) is 5.89 Å². The number of hydrogen-bond donors (Lipinski definition) is 1. The summed E-state index contributed by atoms with van der Waals surface area (Å²) in [6, 6.07) is 17.7. The predicted octanol–water partition coefficient (Wildman–Crippen LogP) is 2.93. The average molecular weight is 396 g/mol. The highest BCUT2D eigenvalue weighted by atomic mass is 16.4. The number of Topliss-reactive ketones (excluding diaryl/α,β-unsaturated/α-hetero) is 1. The van der Waals surface area contributed by atoms with Crippen molar-refractivity contribution in [2.45, 2.75) is 12.6 Å². The van der Waals surface area contributed by atoms with Crippen molar-refractivity contribution in [3.05, 3.63) is 89.9 Å². The van der Waals surface area contributed by atoms with Crippen LogP contribution in [0.5, 0.6) is 0 Å². The highest BCUT2D eigenvalue weighted by Crippen LogP contribution is 2.23. The van der Waals surface area contributed by atoms with Crippen molar-refractivity contribution in [3.63, 3.8) is 0 Å². The van der Waals surface area contributed by atoms with E-state index >= 15 is 0 Å². The van der Waals surface area contributed by atoms with E-state index in [1.165, 1.54) is 12.4 Å². The summed E-state index contributed by atoms with van der Waals surface area (Å²) in [5.74, 6) is 0.120. The maximum Gasteiger partial charge on any atom is 0.317 e. The van der Waals surface area contributed by atoms with Crippen LogP contribution >= 0.6 is 0 Å². The van der Waals surface area contributed by atoms with Crippen LogP contribution < -0.4 is 5.32 Å². The van der Waals surface area contributed by atoms with E-state index in [2.05, 4.69) is 25.5 Å². The third-order valence-electron chi connectivity index (χ3n) is 4.72. The van der Waals surface area contributed by atoms with E-state index in [-0.39, 0.29) is 24.1 Å². The molecular weight excluding hydrogens is 380 g/mol. The molecule has 0 spiro atoms. The number of rotatable bonds is 4. The SMILES string of the molecule is O=C1Cc2ccccc2C(c2ccccc2)=N[C@@H]1Nc1nnc(-c2cnccn2)o1. The Morgan fingerprint density at radius 2 is 1.80 bits per heavy atom. The topological polar surface area (TPSA) is 106 Å². The molecule has 2 aromatic carbocycles. The van der Waals surface area contributed by atoms with Crippen molar-refractivity contribution in [2.75, 3.05) is 5.32 Å². The van der Waals surface area contributed by atoms with Crippen LogP contribution in [0.4, 0.5) is 6.01 Å². The highest BCUT2D eigenvalue weighted by Gasteiger charge is 2.27. The molecule has 1 aliphatic heterocycles. The number of aliphatic imine (C=N–C) groups is 1. The first-order valence-corrected chi connectivity index (χ1v) is 9.38. The Bertz CT molecular complexity index is 1220. The molecule has 8 nitrogen and oxygen atoms in total. The number of hydrogen-bond acceptors (Lipinski definition) is 8. The van der Waals surface area contributed by atoms with Gasteiger partial charge < -0.3 is 9.73 Å². The zero-order valence-electron chi connectivity index (χ0n) is 15.8. The van der Waals surface area contributed by atoms with E-state index in [1.54, 1.807) is 6.20 Å². The summed E-state index contributed by atoms with van der Waals surface area (Å²) in [7, 11) is 0. The minimum absolute atomic E-state index is 0.0902. The molecule has 1 aliphatic rings. The molecule has 30 heavy (non-hydrogen) atoms. The van der Waals surface area contributed by atoms with Gasteiger partial charge in [-0.2, -0.15) is 0 Å². The van der Waals surface area contributed by atoms with Gasteiger partial charge in [0.05, 0.1) is 11.9 Å². The zero-order chi connectivity index (χ0) is 20.3. The minimum Gasteiger partial charge on any atom is -0.402 e. The fourth-order valence-corrected chi connectivity index (χ4v) is 3.31. The summed E-state index contributed by atoms with van der Waals surface area (Å²) in [6.45, 7) is 0. The highest BCUT2D eigenvalue weighted by molar-refractivity contribution is 6.16. The summed E-state index contributed by atoms with van der Waals surface area (Å²) in [5, 5.41) is 10.9. The van der Waals surface area contributed by atoms with E-state index in [9.17, 15) is 4.79 Å². The molecule has 0 aliphatic carbocycles. The Morgan fingerprint density at radius 3 is 2.63 bits per heavy atom. The van der Waals surface area contributed by atoms with E-state index in [1.807, 2.05) is 54.6 Å². The number of nitrogens with zero attached hydrogens (tertiary/aromatic N) is 5. The molecule has 146 valence electrons. The van der Waals surface area contributed by atoms with Crippen molar-refractivity contribution in [3.8, 4) is 11.6 Å². The Hall–Kier alpha value is -4.20. The van der Waals surface area contributed by atoms with Gasteiger partial charge in [-0.3, -0.25) is 14.8 Å². The average Bonchev–Trinajstić information content (AvgIpc) is 3.21. The van der Waals surface area contributed by atoms with Crippen molar-refractivity contribution >= 4 is 17.5 Å². The second kappa shape index (κ2) is 7.67. The first-order chi connectivity index (χ1) is 14.8. The Balaban J connectivity index is 1.51. The summed E-state index contributed by atoms with van der Waals surface area (Å²) < 4.78 is 5.62. The number of aromatic nitrogens is 4. The molecule has 0 saturated carbocycles. The zero-order valence-corrected chi connectivity index (χ0v) is 15.8. The van der Waals surface area contributed by atoms with E-state index in [4.69, 9.17) is 9.41 Å².